The Kier molecular flexibility index (Phi) is 4.67. The van der Waals surface area contributed by atoms with E-state index in [1.807, 2.05) is 0 Å². The first-order valence-corrected chi connectivity index (χ1v) is 6.42. The molecule has 0 unspecified atom stereocenters. The van der Waals surface area contributed by atoms with Gasteiger partial charge in [-0.2, -0.15) is 0 Å². The van der Waals surface area contributed by atoms with Crippen LogP contribution in [-0.4, -0.2) is 37.6 Å². The second kappa shape index (κ2) is 5.24. The largest absolute Gasteiger partial charge is 0.317 e. The zero-order chi connectivity index (χ0) is 10.9. The first-order chi connectivity index (χ1) is 6.99. The molecule has 0 amide bonds. The Morgan fingerprint density at radius 3 is 2.31 bits per heavy atom. The van der Waals surface area contributed by atoms with Crippen molar-refractivity contribution in [3.8, 4) is 0 Å². The van der Waals surface area contributed by atoms with Crippen LogP contribution in [-0.2, 0) is 0 Å². The Morgan fingerprint density at radius 2 is 1.75 bits per heavy atom. The summed E-state index contributed by atoms with van der Waals surface area (Å²) in [6.45, 7) is 13.5. The number of piperidine rings is 1. The zero-order valence-corrected chi connectivity index (χ0v) is 11.8. The molecule has 2 saturated heterocycles. The van der Waals surface area contributed by atoms with Gasteiger partial charge in [-0.3, -0.25) is 0 Å². The highest BCUT2D eigenvalue weighted by Crippen LogP contribution is 2.39. The number of rotatable bonds is 1. The number of hydrogen-bond donors (Lipinski definition) is 1. The van der Waals surface area contributed by atoms with Crippen LogP contribution in [0.5, 0.6) is 0 Å². The molecule has 2 rings (SSSR count). The lowest BCUT2D eigenvalue weighted by molar-refractivity contribution is 0.169. The molecule has 2 aliphatic heterocycles. The quantitative estimate of drug-likeness (QED) is 0.765. The molecule has 0 aromatic rings. The fourth-order valence-electron chi connectivity index (χ4n) is 3.20. The molecule has 0 radical (unpaired) electrons. The average Bonchev–Trinajstić information content (AvgIpc) is 2.47. The number of hydrogen-bond acceptors (Lipinski definition) is 2. The molecule has 3 heteroatoms. The summed E-state index contributed by atoms with van der Waals surface area (Å²) in [5, 5.41) is 3.48. The highest BCUT2D eigenvalue weighted by molar-refractivity contribution is 5.85. The predicted molar refractivity (Wildman–Crippen MR) is 72.3 cm³/mol. The standard InChI is InChI=1S/C13H26N2.ClH/c1-12(2,3)10-15-9-6-13(11-15)4-7-14-8-5-13;/h14H,4-11H2,1-3H3;1H. The van der Waals surface area contributed by atoms with E-state index < -0.39 is 0 Å². The molecule has 0 bridgehead atoms. The SMILES string of the molecule is CC(C)(C)CN1CCC2(CCNCC2)C1.Cl. The van der Waals surface area contributed by atoms with E-state index in [4.69, 9.17) is 0 Å². The molecule has 0 atom stereocenters. The summed E-state index contributed by atoms with van der Waals surface area (Å²) in [6.07, 6.45) is 4.23. The van der Waals surface area contributed by atoms with Crippen LogP contribution in [0.2, 0.25) is 0 Å². The fourth-order valence-corrected chi connectivity index (χ4v) is 3.20. The molecule has 1 N–H and O–H groups in total. The summed E-state index contributed by atoms with van der Waals surface area (Å²) in [4.78, 5) is 2.69. The van der Waals surface area contributed by atoms with Gasteiger partial charge in [0.25, 0.3) is 0 Å². The van der Waals surface area contributed by atoms with Crippen LogP contribution in [0.25, 0.3) is 0 Å². The van der Waals surface area contributed by atoms with Gasteiger partial charge in [0.2, 0.25) is 0 Å². The van der Waals surface area contributed by atoms with E-state index in [9.17, 15) is 0 Å². The molecule has 0 saturated carbocycles. The summed E-state index contributed by atoms with van der Waals surface area (Å²) < 4.78 is 0. The molecular formula is C13H27ClN2. The lowest BCUT2D eigenvalue weighted by Crippen LogP contribution is -2.39. The average molecular weight is 247 g/mol. The molecule has 0 aromatic carbocycles. The van der Waals surface area contributed by atoms with Crippen LogP contribution in [0.4, 0.5) is 0 Å². The van der Waals surface area contributed by atoms with Crippen molar-refractivity contribution in [1.29, 1.82) is 0 Å². The van der Waals surface area contributed by atoms with E-state index in [1.165, 1.54) is 52.0 Å². The van der Waals surface area contributed by atoms with Gasteiger partial charge in [-0.1, -0.05) is 20.8 Å². The molecular weight excluding hydrogens is 220 g/mol. The second-order valence-electron chi connectivity index (χ2n) is 6.77. The van der Waals surface area contributed by atoms with E-state index in [1.54, 1.807) is 0 Å². The van der Waals surface area contributed by atoms with Crippen LogP contribution < -0.4 is 5.32 Å². The van der Waals surface area contributed by atoms with Crippen LogP contribution in [0, 0.1) is 10.8 Å². The zero-order valence-electron chi connectivity index (χ0n) is 11.0. The van der Waals surface area contributed by atoms with E-state index in [-0.39, 0.29) is 12.4 Å². The second-order valence-corrected chi connectivity index (χ2v) is 6.77. The maximum Gasteiger partial charge on any atom is 0.00396 e. The molecule has 2 heterocycles. The summed E-state index contributed by atoms with van der Waals surface area (Å²) in [7, 11) is 0. The Hall–Kier alpha value is 0.210. The summed E-state index contributed by atoms with van der Waals surface area (Å²) >= 11 is 0. The maximum absolute atomic E-state index is 3.48. The summed E-state index contributed by atoms with van der Waals surface area (Å²) in [5.74, 6) is 0. The summed E-state index contributed by atoms with van der Waals surface area (Å²) in [5.41, 5.74) is 1.13. The van der Waals surface area contributed by atoms with Crippen molar-refractivity contribution in [2.75, 3.05) is 32.7 Å². The first-order valence-electron chi connectivity index (χ1n) is 6.42. The molecule has 0 aliphatic carbocycles. The number of nitrogens with one attached hydrogen (secondary N) is 1. The number of likely N-dealkylation sites (tertiary alicyclic amines) is 1. The van der Waals surface area contributed by atoms with E-state index in [2.05, 4.69) is 31.0 Å². The van der Waals surface area contributed by atoms with Gasteiger partial charge < -0.3 is 10.2 Å². The van der Waals surface area contributed by atoms with Crippen LogP contribution >= 0.6 is 12.4 Å². The van der Waals surface area contributed by atoms with Crippen molar-refractivity contribution in [1.82, 2.24) is 10.2 Å². The molecule has 16 heavy (non-hydrogen) atoms. The highest BCUT2D eigenvalue weighted by Gasteiger charge is 2.39. The van der Waals surface area contributed by atoms with Crippen molar-refractivity contribution in [2.24, 2.45) is 10.8 Å². The third-order valence-electron chi connectivity index (χ3n) is 3.88. The van der Waals surface area contributed by atoms with Crippen molar-refractivity contribution in [2.45, 2.75) is 40.0 Å². The van der Waals surface area contributed by atoms with Gasteiger partial charge in [-0.25, -0.2) is 0 Å². The van der Waals surface area contributed by atoms with E-state index in [0.29, 0.717) is 10.8 Å². The molecule has 2 nitrogen and oxygen atoms in total. The lowest BCUT2D eigenvalue weighted by atomic mass is 9.78. The molecule has 96 valence electrons. The Labute approximate surface area is 107 Å². The normalized spacial score (nSPS) is 25.7. The third-order valence-corrected chi connectivity index (χ3v) is 3.88. The van der Waals surface area contributed by atoms with Crippen molar-refractivity contribution >= 4 is 12.4 Å². The molecule has 2 aliphatic rings. The third kappa shape index (κ3) is 3.61. The monoisotopic (exact) mass is 246 g/mol. The molecule has 1 spiro atoms. The molecule has 2 fully saturated rings. The van der Waals surface area contributed by atoms with E-state index >= 15 is 0 Å². The predicted octanol–water partition coefficient (Wildman–Crippen LogP) is 2.53. The minimum Gasteiger partial charge on any atom is -0.317 e. The van der Waals surface area contributed by atoms with Crippen LogP contribution in [0.1, 0.15) is 40.0 Å². The van der Waals surface area contributed by atoms with Crippen molar-refractivity contribution in [3.63, 3.8) is 0 Å². The highest BCUT2D eigenvalue weighted by atomic mass is 35.5. The fraction of sp³-hybridized carbons (Fsp3) is 1.00. The Morgan fingerprint density at radius 1 is 1.12 bits per heavy atom. The van der Waals surface area contributed by atoms with Gasteiger partial charge in [0.05, 0.1) is 0 Å². The van der Waals surface area contributed by atoms with Crippen molar-refractivity contribution in [3.05, 3.63) is 0 Å². The Bertz CT molecular complexity index is 216. The van der Waals surface area contributed by atoms with Gasteiger partial charge in [0.15, 0.2) is 0 Å². The van der Waals surface area contributed by atoms with Gasteiger partial charge in [-0.15, -0.1) is 12.4 Å². The summed E-state index contributed by atoms with van der Waals surface area (Å²) in [6, 6.07) is 0. The van der Waals surface area contributed by atoms with Gasteiger partial charge in [-0.05, 0) is 49.7 Å². The van der Waals surface area contributed by atoms with Gasteiger partial charge in [0, 0.05) is 13.1 Å². The van der Waals surface area contributed by atoms with Gasteiger partial charge in [0.1, 0.15) is 0 Å². The maximum atomic E-state index is 3.48. The number of nitrogens with zero attached hydrogens (tertiary/aromatic N) is 1. The number of halogens is 1. The minimum atomic E-state index is 0. The van der Waals surface area contributed by atoms with Crippen molar-refractivity contribution < 1.29 is 0 Å². The lowest BCUT2D eigenvalue weighted by Gasteiger charge is -2.35. The Balaban J connectivity index is 0.00000128. The van der Waals surface area contributed by atoms with E-state index in [0.717, 1.165) is 0 Å². The van der Waals surface area contributed by atoms with Crippen LogP contribution in [0.15, 0.2) is 0 Å². The first kappa shape index (κ1) is 14.3. The van der Waals surface area contributed by atoms with Gasteiger partial charge >= 0.3 is 0 Å². The smallest absolute Gasteiger partial charge is 0.00396 e. The topological polar surface area (TPSA) is 15.3 Å². The molecule has 0 aromatic heterocycles. The minimum absolute atomic E-state index is 0. The van der Waals surface area contributed by atoms with Crippen LogP contribution in [0.3, 0.4) is 0 Å².